The fourth-order valence-corrected chi connectivity index (χ4v) is 1.98. The van der Waals surface area contributed by atoms with Crippen LogP contribution < -0.4 is 11.1 Å². The van der Waals surface area contributed by atoms with E-state index in [2.05, 4.69) is 5.32 Å². The van der Waals surface area contributed by atoms with Crippen molar-refractivity contribution < 1.29 is 27.5 Å². The molecule has 0 aliphatic heterocycles. The summed E-state index contributed by atoms with van der Waals surface area (Å²) in [5.41, 5.74) is 4.68. The quantitative estimate of drug-likeness (QED) is 0.807. The Morgan fingerprint density at radius 2 is 1.80 bits per heavy atom. The number of rotatable bonds is 5. The monoisotopic (exact) mass is 352 g/mol. The minimum absolute atomic E-state index is 0.0630. The number of hydrogen-bond acceptors (Lipinski definition) is 4. The molecule has 1 atom stereocenters. The van der Waals surface area contributed by atoms with Gasteiger partial charge in [-0.3, -0.25) is 4.79 Å². The molecule has 25 heavy (non-hydrogen) atoms. The summed E-state index contributed by atoms with van der Waals surface area (Å²) in [4.78, 5) is 23.1. The molecule has 5 nitrogen and oxygen atoms in total. The van der Waals surface area contributed by atoms with Crippen molar-refractivity contribution in [2.45, 2.75) is 19.2 Å². The lowest BCUT2D eigenvalue weighted by atomic mass is 10.1. The van der Waals surface area contributed by atoms with Gasteiger partial charge in [0.2, 0.25) is 0 Å². The third-order valence-corrected chi connectivity index (χ3v) is 3.30. The van der Waals surface area contributed by atoms with Crippen LogP contribution in [0.2, 0.25) is 0 Å². The zero-order valence-electron chi connectivity index (χ0n) is 13.1. The molecule has 2 rings (SSSR count). The number of halogens is 3. The summed E-state index contributed by atoms with van der Waals surface area (Å²) in [7, 11) is 0. The Hall–Kier alpha value is -3.03. The first-order valence-electron chi connectivity index (χ1n) is 7.22. The molecule has 0 aliphatic carbocycles. The van der Waals surface area contributed by atoms with Crippen molar-refractivity contribution in [1.29, 1.82) is 0 Å². The minimum Gasteiger partial charge on any atom is -0.449 e. The molecular formula is C17H15F3N2O3. The molecular weight excluding hydrogens is 337 g/mol. The van der Waals surface area contributed by atoms with Crippen LogP contribution in [0.4, 0.5) is 24.5 Å². The number of nitrogens with one attached hydrogen (secondary N) is 1. The van der Waals surface area contributed by atoms with Gasteiger partial charge in [-0.2, -0.15) is 13.2 Å². The molecule has 0 aromatic heterocycles. The first-order valence-corrected chi connectivity index (χ1v) is 7.22. The molecule has 1 unspecified atom stereocenters. The summed E-state index contributed by atoms with van der Waals surface area (Å²) in [5, 5.41) is 2.75. The Kier molecular flexibility index (Phi) is 5.31. The zero-order valence-corrected chi connectivity index (χ0v) is 13.1. The van der Waals surface area contributed by atoms with Crippen LogP contribution in [0, 0.1) is 0 Å². The molecule has 8 heteroatoms. The summed E-state index contributed by atoms with van der Waals surface area (Å²) in [6.07, 6.45) is -5.61. The van der Waals surface area contributed by atoms with Gasteiger partial charge >= 0.3 is 12.1 Å². The lowest BCUT2D eigenvalue weighted by molar-refractivity contribution is -0.137. The van der Waals surface area contributed by atoms with Crippen LogP contribution >= 0.6 is 0 Å². The first kappa shape index (κ1) is 18.3. The topological polar surface area (TPSA) is 81.4 Å². The number of anilines is 2. The molecule has 0 fully saturated rings. The second-order valence-corrected chi connectivity index (χ2v) is 5.20. The van der Waals surface area contributed by atoms with Gasteiger partial charge in [-0.25, -0.2) is 4.79 Å². The molecule has 3 N–H and O–H groups in total. The molecule has 2 aromatic rings. The van der Waals surface area contributed by atoms with Gasteiger partial charge in [-0.1, -0.05) is 18.2 Å². The number of nitrogens with two attached hydrogens (primary N) is 1. The van der Waals surface area contributed by atoms with Crippen LogP contribution in [0.5, 0.6) is 0 Å². The number of primary amides is 1. The SMILES string of the molecule is CC(OC(=O)c1ccccc1Nc1cccc(C(F)(F)F)c1)C(N)=O. The van der Waals surface area contributed by atoms with Gasteiger partial charge < -0.3 is 15.8 Å². The van der Waals surface area contributed by atoms with Crippen molar-refractivity contribution in [3.8, 4) is 0 Å². The Labute approximate surface area is 141 Å². The van der Waals surface area contributed by atoms with E-state index >= 15 is 0 Å². The predicted molar refractivity (Wildman–Crippen MR) is 85.2 cm³/mol. The van der Waals surface area contributed by atoms with E-state index in [0.29, 0.717) is 0 Å². The number of benzene rings is 2. The van der Waals surface area contributed by atoms with Gasteiger partial charge in [0.1, 0.15) is 0 Å². The van der Waals surface area contributed by atoms with E-state index in [1.165, 1.54) is 31.2 Å². The molecule has 0 saturated carbocycles. The number of alkyl halides is 3. The average molecular weight is 352 g/mol. The van der Waals surface area contributed by atoms with Crippen LogP contribution in [-0.4, -0.2) is 18.0 Å². The maximum absolute atomic E-state index is 12.8. The van der Waals surface area contributed by atoms with Gasteiger partial charge in [0.05, 0.1) is 16.8 Å². The predicted octanol–water partition coefficient (Wildman–Crippen LogP) is 3.48. The van der Waals surface area contributed by atoms with E-state index < -0.39 is 29.7 Å². The highest BCUT2D eigenvalue weighted by Gasteiger charge is 2.30. The molecule has 0 saturated heterocycles. The number of amides is 1. The van der Waals surface area contributed by atoms with E-state index in [-0.39, 0.29) is 16.9 Å². The normalized spacial score (nSPS) is 12.3. The second-order valence-electron chi connectivity index (χ2n) is 5.20. The highest BCUT2D eigenvalue weighted by atomic mass is 19.4. The van der Waals surface area contributed by atoms with E-state index in [1.807, 2.05) is 0 Å². The van der Waals surface area contributed by atoms with Gasteiger partial charge in [0.15, 0.2) is 6.10 Å². The lowest BCUT2D eigenvalue weighted by Crippen LogP contribution is -2.30. The van der Waals surface area contributed by atoms with Crippen molar-refractivity contribution in [2.75, 3.05) is 5.32 Å². The van der Waals surface area contributed by atoms with Crippen LogP contribution in [-0.2, 0) is 15.7 Å². The van der Waals surface area contributed by atoms with E-state index in [9.17, 15) is 22.8 Å². The fraction of sp³-hybridized carbons (Fsp3) is 0.176. The van der Waals surface area contributed by atoms with Crippen LogP contribution in [0.25, 0.3) is 0 Å². The van der Waals surface area contributed by atoms with Crippen molar-refractivity contribution in [2.24, 2.45) is 5.73 Å². The van der Waals surface area contributed by atoms with Crippen LogP contribution in [0.1, 0.15) is 22.8 Å². The highest BCUT2D eigenvalue weighted by Crippen LogP contribution is 2.32. The maximum atomic E-state index is 12.8. The van der Waals surface area contributed by atoms with Gasteiger partial charge in [0, 0.05) is 5.69 Å². The number of carbonyl (C=O) groups is 2. The smallest absolute Gasteiger partial charge is 0.416 e. The largest absolute Gasteiger partial charge is 0.449 e. The summed E-state index contributed by atoms with van der Waals surface area (Å²) < 4.78 is 43.3. The van der Waals surface area contributed by atoms with E-state index in [1.54, 1.807) is 12.1 Å². The van der Waals surface area contributed by atoms with Gasteiger partial charge in [0.25, 0.3) is 5.91 Å². The molecule has 1 amide bonds. The minimum atomic E-state index is -4.48. The molecule has 0 aliphatic rings. The summed E-state index contributed by atoms with van der Waals surface area (Å²) in [5.74, 6) is -1.63. The highest BCUT2D eigenvalue weighted by molar-refractivity contribution is 5.97. The molecule has 0 spiro atoms. The third-order valence-electron chi connectivity index (χ3n) is 3.30. The Morgan fingerprint density at radius 1 is 1.12 bits per heavy atom. The number of ether oxygens (including phenoxy) is 1. The van der Waals surface area contributed by atoms with Crippen molar-refractivity contribution in [3.05, 3.63) is 59.7 Å². The van der Waals surface area contributed by atoms with Crippen LogP contribution in [0.15, 0.2) is 48.5 Å². The number of para-hydroxylation sites is 1. The molecule has 2 aromatic carbocycles. The fourth-order valence-electron chi connectivity index (χ4n) is 1.98. The average Bonchev–Trinajstić information content (AvgIpc) is 2.54. The van der Waals surface area contributed by atoms with Crippen molar-refractivity contribution >= 4 is 23.3 Å². The van der Waals surface area contributed by atoms with Crippen LogP contribution in [0.3, 0.4) is 0 Å². The summed E-state index contributed by atoms with van der Waals surface area (Å²) in [6.45, 7) is 1.32. The summed E-state index contributed by atoms with van der Waals surface area (Å²) >= 11 is 0. The van der Waals surface area contributed by atoms with Gasteiger partial charge in [-0.05, 0) is 37.3 Å². The van der Waals surface area contributed by atoms with E-state index in [0.717, 1.165) is 12.1 Å². The molecule has 132 valence electrons. The number of carbonyl (C=O) groups excluding carboxylic acids is 2. The standard InChI is InChI=1S/C17H15F3N2O3/c1-10(15(21)23)25-16(24)13-7-2-3-8-14(13)22-12-6-4-5-11(9-12)17(18,19)20/h2-10,22H,1H3,(H2,21,23). The maximum Gasteiger partial charge on any atom is 0.416 e. The zero-order chi connectivity index (χ0) is 18.6. The Balaban J connectivity index is 2.27. The molecule has 0 heterocycles. The molecule has 0 bridgehead atoms. The lowest BCUT2D eigenvalue weighted by Gasteiger charge is -2.15. The van der Waals surface area contributed by atoms with Crippen molar-refractivity contribution in [3.63, 3.8) is 0 Å². The first-order chi connectivity index (χ1) is 11.7. The third kappa shape index (κ3) is 4.72. The Morgan fingerprint density at radius 3 is 2.44 bits per heavy atom. The second kappa shape index (κ2) is 7.25. The van der Waals surface area contributed by atoms with Crippen molar-refractivity contribution in [1.82, 2.24) is 0 Å². The Bertz CT molecular complexity index is 791. The summed E-state index contributed by atoms with van der Waals surface area (Å²) in [6, 6.07) is 10.6. The number of hydrogen-bond donors (Lipinski definition) is 2. The van der Waals surface area contributed by atoms with Gasteiger partial charge in [-0.15, -0.1) is 0 Å². The number of esters is 1. The van der Waals surface area contributed by atoms with E-state index in [4.69, 9.17) is 10.5 Å². The molecule has 0 radical (unpaired) electrons.